The number of rotatable bonds is 1. The second-order valence-corrected chi connectivity index (χ2v) is 3.11. The predicted octanol–water partition coefficient (Wildman–Crippen LogP) is 2.21. The Balaban J connectivity index is 3.29. The van der Waals surface area contributed by atoms with Crippen LogP contribution < -0.4 is 4.90 Å². The Morgan fingerprint density at radius 1 is 1.36 bits per heavy atom. The molecule has 0 spiro atoms. The average Bonchev–Trinajstić information content (AvgIpc) is 2.01. The van der Waals surface area contributed by atoms with Crippen molar-refractivity contribution in [3.8, 4) is 0 Å². The Labute approximate surface area is 83.5 Å². The summed E-state index contributed by atoms with van der Waals surface area (Å²) in [6.45, 7) is 0. The molecule has 0 N–H and O–H groups in total. The van der Waals surface area contributed by atoms with Crippen LogP contribution in [-0.4, -0.2) is 24.1 Å². The van der Waals surface area contributed by atoms with Crippen molar-refractivity contribution in [2.24, 2.45) is 0 Å². The van der Waals surface area contributed by atoms with E-state index >= 15 is 0 Å². The lowest BCUT2D eigenvalue weighted by molar-refractivity contribution is -0.137. The van der Waals surface area contributed by atoms with Gasteiger partial charge in [-0.05, 0) is 11.6 Å². The number of aromatic nitrogens is 2. The van der Waals surface area contributed by atoms with Crippen LogP contribution >= 0.6 is 11.6 Å². The van der Waals surface area contributed by atoms with Crippen LogP contribution in [-0.2, 0) is 6.18 Å². The predicted molar refractivity (Wildman–Crippen MR) is 46.4 cm³/mol. The molecule has 0 atom stereocenters. The van der Waals surface area contributed by atoms with Gasteiger partial charge < -0.3 is 4.90 Å². The summed E-state index contributed by atoms with van der Waals surface area (Å²) in [6.07, 6.45) is -3.80. The van der Waals surface area contributed by atoms with Crippen LogP contribution in [0, 0.1) is 0 Å². The fourth-order valence-electron chi connectivity index (χ4n) is 0.893. The molecule has 78 valence electrons. The maximum Gasteiger partial charge on any atom is 0.421 e. The van der Waals surface area contributed by atoms with Gasteiger partial charge in [-0.25, -0.2) is 4.98 Å². The summed E-state index contributed by atoms with van der Waals surface area (Å²) in [5, 5.41) is -0.207. The summed E-state index contributed by atoms with van der Waals surface area (Å²) >= 11 is 5.39. The van der Waals surface area contributed by atoms with Crippen LogP contribution in [0.25, 0.3) is 0 Å². The van der Waals surface area contributed by atoms with E-state index in [0.717, 1.165) is 0 Å². The lowest BCUT2D eigenvalue weighted by Crippen LogP contribution is -2.18. The van der Waals surface area contributed by atoms with Gasteiger partial charge in [0.15, 0.2) is 0 Å². The highest BCUT2D eigenvalue weighted by Crippen LogP contribution is 2.34. The van der Waals surface area contributed by atoms with E-state index in [0.29, 0.717) is 6.20 Å². The van der Waals surface area contributed by atoms with E-state index in [1.54, 1.807) is 0 Å². The molecule has 3 nitrogen and oxygen atoms in total. The minimum absolute atomic E-state index is 0.207. The van der Waals surface area contributed by atoms with E-state index in [-0.39, 0.29) is 11.1 Å². The lowest BCUT2D eigenvalue weighted by atomic mass is 10.3. The van der Waals surface area contributed by atoms with Crippen molar-refractivity contribution in [3.05, 3.63) is 17.0 Å². The molecule has 0 aliphatic heterocycles. The van der Waals surface area contributed by atoms with Gasteiger partial charge in [0.25, 0.3) is 0 Å². The molecule has 0 unspecified atom stereocenters. The molecule has 0 aliphatic carbocycles. The zero-order chi connectivity index (χ0) is 10.9. The molecule has 1 heterocycles. The second-order valence-electron chi connectivity index (χ2n) is 2.77. The maximum absolute atomic E-state index is 12.4. The van der Waals surface area contributed by atoms with Gasteiger partial charge in [0.2, 0.25) is 5.28 Å². The van der Waals surface area contributed by atoms with Crippen molar-refractivity contribution in [1.29, 1.82) is 0 Å². The molecule has 1 aromatic heterocycles. The molecule has 0 radical (unpaired) electrons. The number of anilines is 1. The minimum Gasteiger partial charge on any atom is -0.362 e. The second kappa shape index (κ2) is 3.61. The Kier molecular flexibility index (Phi) is 2.84. The van der Waals surface area contributed by atoms with Crippen LogP contribution in [0.1, 0.15) is 5.56 Å². The quantitative estimate of drug-likeness (QED) is 0.687. The summed E-state index contributed by atoms with van der Waals surface area (Å²) in [5.41, 5.74) is -0.896. The first-order valence-electron chi connectivity index (χ1n) is 3.59. The average molecular weight is 226 g/mol. The van der Waals surface area contributed by atoms with E-state index < -0.39 is 11.7 Å². The molecule has 7 heteroatoms. The van der Waals surface area contributed by atoms with Crippen molar-refractivity contribution in [2.45, 2.75) is 6.18 Å². The van der Waals surface area contributed by atoms with Crippen molar-refractivity contribution < 1.29 is 13.2 Å². The fourth-order valence-corrected chi connectivity index (χ4v) is 1.02. The molecule has 14 heavy (non-hydrogen) atoms. The van der Waals surface area contributed by atoms with Gasteiger partial charge in [-0.1, -0.05) is 0 Å². The highest BCUT2D eigenvalue weighted by molar-refractivity contribution is 6.28. The topological polar surface area (TPSA) is 29.0 Å². The molecule has 1 rings (SSSR count). The molecular weight excluding hydrogens is 219 g/mol. The first kappa shape index (κ1) is 11.0. The molecule has 0 saturated heterocycles. The van der Waals surface area contributed by atoms with Crippen molar-refractivity contribution in [2.75, 3.05) is 19.0 Å². The van der Waals surface area contributed by atoms with E-state index in [1.165, 1.54) is 19.0 Å². The van der Waals surface area contributed by atoms with Gasteiger partial charge in [-0.2, -0.15) is 18.2 Å². The Morgan fingerprint density at radius 3 is 2.36 bits per heavy atom. The molecule has 0 aromatic carbocycles. The normalized spacial score (nSPS) is 11.6. The van der Waals surface area contributed by atoms with Crippen LogP contribution in [0.15, 0.2) is 6.20 Å². The van der Waals surface area contributed by atoms with Crippen molar-refractivity contribution in [3.63, 3.8) is 0 Å². The SMILES string of the molecule is CN(C)c1nc(Cl)ncc1C(F)(F)F. The number of nitrogens with zero attached hydrogens (tertiary/aromatic N) is 3. The summed E-state index contributed by atoms with van der Waals surface area (Å²) in [5.74, 6) is -0.238. The molecule has 1 aromatic rings. The van der Waals surface area contributed by atoms with Gasteiger partial charge in [-0.3, -0.25) is 0 Å². The molecule has 0 amide bonds. The molecule has 0 aliphatic rings. The standard InChI is InChI=1S/C7H7ClF3N3/c1-14(2)5-4(7(9,10)11)3-12-6(8)13-5/h3H,1-2H3. The number of hydrogen-bond donors (Lipinski definition) is 0. The fraction of sp³-hybridized carbons (Fsp3) is 0.429. The van der Waals surface area contributed by atoms with Gasteiger partial charge >= 0.3 is 6.18 Å². The zero-order valence-electron chi connectivity index (χ0n) is 7.43. The van der Waals surface area contributed by atoms with E-state index in [2.05, 4.69) is 9.97 Å². The largest absolute Gasteiger partial charge is 0.421 e. The van der Waals surface area contributed by atoms with Gasteiger partial charge in [0.05, 0.1) is 0 Å². The maximum atomic E-state index is 12.4. The highest BCUT2D eigenvalue weighted by Gasteiger charge is 2.35. The number of alkyl halides is 3. The molecule has 0 fully saturated rings. The molecular formula is C7H7ClF3N3. The number of hydrogen-bond acceptors (Lipinski definition) is 3. The molecule has 0 bridgehead atoms. The highest BCUT2D eigenvalue weighted by atomic mass is 35.5. The third-order valence-electron chi connectivity index (χ3n) is 1.47. The summed E-state index contributed by atoms with van der Waals surface area (Å²) < 4.78 is 37.2. The van der Waals surface area contributed by atoms with Crippen LogP contribution in [0.5, 0.6) is 0 Å². The monoisotopic (exact) mass is 225 g/mol. The summed E-state index contributed by atoms with van der Waals surface area (Å²) in [6, 6.07) is 0. The Bertz CT molecular complexity index is 337. The van der Waals surface area contributed by atoms with Crippen molar-refractivity contribution in [1.82, 2.24) is 9.97 Å². The first-order valence-corrected chi connectivity index (χ1v) is 3.97. The van der Waals surface area contributed by atoms with Gasteiger partial charge in [-0.15, -0.1) is 0 Å². The minimum atomic E-state index is -4.47. The van der Waals surface area contributed by atoms with E-state index in [4.69, 9.17) is 11.6 Å². The first-order chi connectivity index (χ1) is 6.32. The van der Waals surface area contributed by atoms with Crippen molar-refractivity contribution >= 4 is 17.4 Å². The Morgan fingerprint density at radius 2 is 1.93 bits per heavy atom. The summed E-state index contributed by atoms with van der Waals surface area (Å²) in [4.78, 5) is 8.03. The number of halogens is 4. The van der Waals surface area contributed by atoms with Gasteiger partial charge in [0, 0.05) is 20.3 Å². The smallest absolute Gasteiger partial charge is 0.362 e. The van der Waals surface area contributed by atoms with E-state index in [1.807, 2.05) is 0 Å². The zero-order valence-corrected chi connectivity index (χ0v) is 8.19. The lowest BCUT2D eigenvalue weighted by Gasteiger charge is -2.17. The third-order valence-corrected chi connectivity index (χ3v) is 1.65. The third kappa shape index (κ3) is 2.25. The van der Waals surface area contributed by atoms with Gasteiger partial charge in [0.1, 0.15) is 11.4 Å². The van der Waals surface area contributed by atoms with E-state index in [9.17, 15) is 13.2 Å². The Hall–Kier alpha value is -1.04. The van der Waals surface area contributed by atoms with Crippen LogP contribution in [0.3, 0.4) is 0 Å². The van der Waals surface area contributed by atoms with Crippen LogP contribution in [0.2, 0.25) is 5.28 Å². The molecule has 0 saturated carbocycles. The van der Waals surface area contributed by atoms with Crippen LogP contribution in [0.4, 0.5) is 19.0 Å². The summed E-state index contributed by atoms with van der Waals surface area (Å²) in [7, 11) is 2.90.